The number of allylic oxidation sites excluding steroid dienone is 24. The molecule has 19 heteroatoms. The Balaban J connectivity index is 5.47. The summed E-state index contributed by atoms with van der Waals surface area (Å²) in [6, 6.07) is 0. The van der Waals surface area contributed by atoms with E-state index in [-0.39, 0.29) is 25.7 Å². The van der Waals surface area contributed by atoms with Crippen molar-refractivity contribution in [3.05, 3.63) is 146 Å². The van der Waals surface area contributed by atoms with Gasteiger partial charge in [-0.3, -0.25) is 37.3 Å². The van der Waals surface area contributed by atoms with Crippen molar-refractivity contribution in [2.45, 2.75) is 329 Å². The topological polar surface area (TPSA) is 237 Å². The maximum Gasteiger partial charge on any atom is 0.472 e. The summed E-state index contributed by atoms with van der Waals surface area (Å²) in [7, 11) is -10.00. The van der Waals surface area contributed by atoms with Crippen molar-refractivity contribution in [2.24, 2.45) is 0 Å². The average molecular weight is 1500 g/mol. The molecule has 0 amide bonds. The third-order valence-corrected chi connectivity index (χ3v) is 18.2. The van der Waals surface area contributed by atoms with Crippen molar-refractivity contribution in [3.63, 3.8) is 0 Å². The van der Waals surface area contributed by atoms with Gasteiger partial charge in [0.25, 0.3) is 0 Å². The van der Waals surface area contributed by atoms with E-state index in [0.29, 0.717) is 32.1 Å². The lowest BCUT2D eigenvalue weighted by molar-refractivity contribution is -0.161. The smallest absolute Gasteiger partial charge is 0.462 e. The standard InChI is InChI=1S/C85H142O17P2/c1-5-9-13-17-21-25-29-33-37-38-39-40-44-46-50-54-58-62-66-70-83(88)96-76-81(102-85(90)72-68-64-60-56-52-48-43-36-32-28-24-20-16-12-8-4)78-100-104(93,94)98-74-79(86)73-97-103(91,92)99-77-80(101-84(89)71-67-63-59-55-51-47-42-35-31-27-23-19-15-11-7-3)75-95-82(87)69-65-61-57-53-49-45-41-34-30-26-22-18-14-10-6-2/h9,13,21-28,33-37,39-43,46,50,58,62,79-81,86H,5-8,10-12,14-20,29-32,38,44-45,47-49,51-57,59-61,63-78H2,1-4H3,(H,91,92)(H,93,94)/t79?,80-,81-/m1/s1. The molecule has 5 atom stereocenters. The number of hydrogen-bond donors (Lipinski definition) is 3. The van der Waals surface area contributed by atoms with E-state index in [0.717, 1.165) is 167 Å². The summed E-state index contributed by atoms with van der Waals surface area (Å²) >= 11 is 0. The van der Waals surface area contributed by atoms with Crippen LogP contribution in [0.1, 0.15) is 310 Å². The maximum absolute atomic E-state index is 13.1. The summed E-state index contributed by atoms with van der Waals surface area (Å²) in [5, 5.41) is 10.6. The number of carbonyl (C=O) groups excluding carboxylic acids is 4. The second-order valence-electron chi connectivity index (χ2n) is 26.3. The van der Waals surface area contributed by atoms with Gasteiger partial charge < -0.3 is 33.8 Å². The number of hydrogen-bond acceptors (Lipinski definition) is 15. The van der Waals surface area contributed by atoms with Crippen LogP contribution in [0.25, 0.3) is 0 Å². The highest BCUT2D eigenvalue weighted by Gasteiger charge is 2.30. The largest absolute Gasteiger partial charge is 0.472 e. The summed E-state index contributed by atoms with van der Waals surface area (Å²) < 4.78 is 68.5. The minimum Gasteiger partial charge on any atom is -0.462 e. The number of phosphoric ester groups is 2. The average Bonchev–Trinajstić information content (AvgIpc) is 0.918. The predicted octanol–water partition coefficient (Wildman–Crippen LogP) is 23.4. The quantitative estimate of drug-likeness (QED) is 0.0169. The molecular weight excluding hydrogens is 1350 g/mol. The molecule has 3 unspecified atom stereocenters. The molecule has 0 saturated carbocycles. The zero-order valence-electron chi connectivity index (χ0n) is 64.9. The Labute approximate surface area is 630 Å². The number of esters is 4. The molecule has 0 aromatic heterocycles. The molecule has 0 fully saturated rings. The molecule has 0 bridgehead atoms. The highest BCUT2D eigenvalue weighted by molar-refractivity contribution is 7.47. The van der Waals surface area contributed by atoms with Crippen LogP contribution in [0, 0.1) is 0 Å². The van der Waals surface area contributed by atoms with Gasteiger partial charge in [0.1, 0.15) is 19.3 Å². The van der Waals surface area contributed by atoms with E-state index >= 15 is 0 Å². The van der Waals surface area contributed by atoms with Gasteiger partial charge in [-0.2, -0.15) is 0 Å². The van der Waals surface area contributed by atoms with Gasteiger partial charge >= 0.3 is 39.5 Å². The number of aliphatic hydroxyl groups excluding tert-OH is 1. The Morgan fingerprint density at radius 3 is 0.827 bits per heavy atom. The fraction of sp³-hybridized carbons (Fsp3) is 0.671. The minimum atomic E-state index is -5.00. The molecular formula is C85H142O17P2. The normalized spacial score (nSPS) is 14.6. The van der Waals surface area contributed by atoms with Gasteiger partial charge in [-0.1, -0.05) is 270 Å². The van der Waals surface area contributed by atoms with Gasteiger partial charge in [-0.15, -0.1) is 0 Å². The van der Waals surface area contributed by atoms with Crippen LogP contribution in [-0.2, 0) is 65.4 Å². The molecule has 0 aliphatic rings. The SMILES string of the molecule is CCC=CCC=CCC=CCC=CCC=CCC=CCCC(=O)OC[C@H](COP(=O)(O)OCC(O)COP(=O)(O)OC[C@@H](COC(=O)CCCCCCCC=CCC=CCCCCC)OC(=O)CCCCCCCC=CCC=CCCCCC)OC(=O)CCCCCCCC=CCC=CCCCCC. The fourth-order valence-corrected chi connectivity index (χ4v) is 11.7. The van der Waals surface area contributed by atoms with Crippen LogP contribution in [0.4, 0.5) is 0 Å². The maximum atomic E-state index is 13.1. The molecule has 0 radical (unpaired) electrons. The summed E-state index contributed by atoms with van der Waals surface area (Å²) in [6.07, 6.45) is 86.9. The van der Waals surface area contributed by atoms with E-state index in [4.69, 9.17) is 37.0 Å². The van der Waals surface area contributed by atoms with Crippen LogP contribution in [0.2, 0.25) is 0 Å². The van der Waals surface area contributed by atoms with Gasteiger partial charge in [-0.25, -0.2) is 9.13 Å². The highest BCUT2D eigenvalue weighted by atomic mass is 31.2. The van der Waals surface area contributed by atoms with Crippen LogP contribution in [0.5, 0.6) is 0 Å². The molecule has 3 N–H and O–H groups in total. The second kappa shape index (κ2) is 76.1. The van der Waals surface area contributed by atoms with Crippen LogP contribution in [0.15, 0.2) is 146 Å². The van der Waals surface area contributed by atoms with E-state index < -0.39 is 97.5 Å². The van der Waals surface area contributed by atoms with Crippen molar-refractivity contribution in [1.29, 1.82) is 0 Å². The Morgan fingerprint density at radius 1 is 0.279 bits per heavy atom. The lowest BCUT2D eigenvalue weighted by Crippen LogP contribution is -2.30. The highest BCUT2D eigenvalue weighted by Crippen LogP contribution is 2.45. The molecule has 594 valence electrons. The first-order valence-corrected chi connectivity index (χ1v) is 43.1. The first-order valence-electron chi connectivity index (χ1n) is 40.1. The van der Waals surface area contributed by atoms with E-state index in [2.05, 4.69) is 155 Å². The van der Waals surface area contributed by atoms with E-state index in [9.17, 15) is 43.2 Å². The predicted molar refractivity (Wildman–Crippen MR) is 427 cm³/mol. The van der Waals surface area contributed by atoms with Crippen molar-refractivity contribution < 1.29 is 80.2 Å². The number of carbonyl (C=O) groups is 4. The van der Waals surface area contributed by atoms with Crippen LogP contribution in [0.3, 0.4) is 0 Å². The molecule has 0 spiro atoms. The first kappa shape index (κ1) is 98.9. The van der Waals surface area contributed by atoms with E-state index in [1.807, 2.05) is 18.2 Å². The molecule has 104 heavy (non-hydrogen) atoms. The zero-order valence-corrected chi connectivity index (χ0v) is 66.7. The lowest BCUT2D eigenvalue weighted by atomic mass is 10.1. The van der Waals surface area contributed by atoms with E-state index in [1.165, 1.54) is 57.8 Å². The Morgan fingerprint density at radius 2 is 0.519 bits per heavy atom. The molecule has 0 saturated heterocycles. The monoisotopic (exact) mass is 1500 g/mol. The summed E-state index contributed by atoms with van der Waals surface area (Å²) in [5.41, 5.74) is 0. The zero-order chi connectivity index (χ0) is 76.0. The molecule has 0 aliphatic heterocycles. The number of aliphatic hydroxyl groups is 1. The molecule has 0 aliphatic carbocycles. The van der Waals surface area contributed by atoms with Gasteiger partial charge in [0.15, 0.2) is 12.2 Å². The summed E-state index contributed by atoms with van der Waals surface area (Å²) in [5.74, 6) is -2.32. The van der Waals surface area contributed by atoms with Crippen LogP contribution < -0.4 is 0 Å². The third-order valence-electron chi connectivity index (χ3n) is 16.3. The van der Waals surface area contributed by atoms with Crippen molar-refractivity contribution in [1.82, 2.24) is 0 Å². The fourth-order valence-electron chi connectivity index (χ4n) is 10.2. The van der Waals surface area contributed by atoms with Crippen LogP contribution >= 0.6 is 15.6 Å². The molecule has 17 nitrogen and oxygen atoms in total. The van der Waals surface area contributed by atoms with Gasteiger partial charge in [0.2, 0.25) is 0 Å². The molecule has 0 aromatic rings. The summed E-state index contributed by atoms with van der Waals surface area (Å²) in [4.78, 5) is 73.0. The number of unbranched alkanes of at least 4 members (excludes halogenated alkanes) is 24. The Hall–Kier alpha value is -5.06. The lowest BCUT2D eigenvalue weighted by Gasteiger charge is -2.21. The van der Waals surface area contributed by atoms with Gasteiger partial charge in [-0.05, 0) is 161 Å². The Kier molecular flexibility index (Phi) is 72.4. The molecule has 0 heterocycles. The third kappa shape index (κ3) is 75.2. The molecule has 0 aromatic carbocycles. The van der Waals surface area contributed by atoms with Crippen molar-refractivity contribution >= 4 is 39.5 Å². The van der Waals surface area contributed by atoms with Crippen molar-refractivity contribution in [2.75, 3.05) is 39.6 Å². The van der Waals surface area contributed by atoms with E-state index in [1.54, 1.807) is 0 Å². The summed E-state index contributed by atoms with van der Waals surface area (Å²) in [6.45, 7) is 4.55. The van der Waals surface area contributed by atoms with Gasteiger partial charge in [0, 0.05) is 25.7 Å². The number of ether oxygens (including phenoxy) is 4. The first-order chi connectivity index (χ1) is 50.7. The van der Waals surface area contributed by atoms with Gasteiger partial charge in [0.05, 0.1) is 26.4 Å². The Bertz CT molecular complexity index is 2540. The van der Waals surface area contributed by atoms with Crippen LogP contribution in [-0.4, -0.2) is 96.7 Å². The number of rotatable bonds is 74. The second-order valence-corrected chi connectivity index (χ2v) is 29.2. The number of phosphoric acid groups is 2. The van der Waals surface area contributed by atoms with Crippen molar-refractivity contribution in [3.8, 4) is 0 Å². The minimum absolute atomic E-state index is 0.0288. The molecule has 0 rings (SSSR count).